The van der Waals surface area contributed by atoms with Crippen LogP contribution in [0.3, 0.4) is 0 Å². The molecule has 9 nitrogen and oxygen atoms in total. The molecule has 0 aromatic heterocycles. The largest absolute Gasteiger partial charge is 0.480 e. The maximum Gasteiger partial charge on any atom is 0.326 e. The Balaban J connectivity index is 1.95. The molecule has 9 heteroatoms. The Hall–Kier alpha value is -3.75. The molecule has 152 valence electrons. The molecule has 1 atom stereocenters. The summed E-state index contributed by atoms with van der Waals surface area (Å²) in [5.41, 5.74) is 0.892. The van der Waals surface area contributed by atoms with Crippen LogP contribution < -0.4 is 5.32 Å². The number of carbonyl (C=O) groups is 3. The molecule has 0 aliphatic carbocycles. The summed E-state index contributed by atoms with van der Waals surface area (Å²) >= 11 is 0. The van der Waals surface area contributed by atoms with Crippen molar-refractivity contribution in [3.05, 3.63) is 75.8 Å². The molecule has 0 fully saturated rings. The van der Waals surface area contributed by atoms with Crippen molar-refractivity contribution >= 4 is 23.5 Å². The Labute approximate surface area is 167 Å². The average Bonchev–Trinajstić information content (AvgIpc) is 2.72. The van der Waals surface area contributed by atoms with Crippen molar-refractivity contribution in [2.45, 2.75) is 25.9 Å². The molecule has 2 rings (SSSR count). The van der Waals surface area contributed by atoms with Gasteiger partial charge < -0.3 is 15.3 Å². The Morgan fingerprint density at radius 2 is 1.72 bits per heavy atom. The van der Waals surface area contributed by atoms with Gasteiger partial charge in [0.05, 0.1) is 4.92 Å². The van der Waals surface area contributed by atoms with E-state index in [1.807, 2.05) is 6.07 Å². The van der Waals surface area contributed by atoms with Crippen LogP contribution in [0.5, 0.6) is 0 Å². The first-order valence-electron chi connectivity index (χ1n) is 8.88. The number of nitro groups is 1. The van der Waals surface area contributed by atoms with Gasteiger partial charge in [0.25, 0.3) is 11.6 Å². The van der Waals surface area contributed by atoms with Crippen LogP contribution >= 0.6 is 0 Å². The summed E-state index contributed by atoms with van der Waals surface area (Å²) in [5.74, 6) is -2.01. The van der Waals surface area contributed by atoms with Crippen molar-refractivity contribution in [2.75, 3.05) is 6.54 Å². The molecule has 1 unspecified atom stereocenters. The predicted molar refractivity (Wildman–Crippen MR) is 104 cm³/mol. The molecule has 2 N–H and O–H groups in total. The maximum absolute atomic E-state index is 12.6. The SMILES string of the molecule is CC(C(=O)O)N(Cc1ccccc1)C(=O)CCNC(=O)c1ccc([N+](=O)[O-])cc1. The monoisotopic (exact) mass is 399 g/mol. The fourth-order valence-electron chi connectivity index (χ4n) is 2.62. The van der Waals surface area contributed by atoms with E-state index >= 15 is 0 Å². The number of nitro benzene ring substituents is 1. The van der Waals surface area contributed by atoms with Gasteiger partial charge in [-0.1, -0.05) is 30.3 Å². The van der Waals surface area contributed by atoms with Crippen LogP contribution in [-0.4, -0.2) is 45.3 Å². The van der Waals surface area contributed by atoms with E-state index < -0.39 is 28.7 Å². The summed E-state index contributed by atoms with van der Waals surface area (Å²) in [7, 11) is 0. The van der Waals surface area contributed by atoms with E-state index in [9.17, 15) is 29.6 Å². The van der Waals surface area contributed by atoms with Crippen LogP contribution in [0, 0.1) is 10.1 Å². The summed E-state index contributed by atoms with van der Waals surface area (Å²) < 4.78 is 0. The van der Waals surface area contributed by atoms with Gasteiger partial charge in [0.15, 0.2) is 0 Å². The van der Waals surface area contributed by atoms with Crippen LogP contribution in [0.4, 0.5) is 5.69 Å². The second-order valence-electron chi connectivity index (χ2n) is 6.33. The normalized spacial score (nSPS) is 11.3. The van der Waals surface area contributed by atoms with Crippen LogP contribution in [0.15, 0.2) is 54.6 Å². The minimum Gasteiger partial charge on any atom is -0.480 e. The van der Waals surface area contributed by atoms with Crippen molar-refractivity contribution in [3.8, 4) is 0 Å². The number of hydrogen-bond donors (Lipinski definition) is 2. The van der Waals surface area contributed by atoms with Crippen molar-refractivity contribution in [3.63, 3.8) is 0 Å². The van der Waals surface area contributed by atoms with Crippen molar-refractivity contribution in [1.82, 2.24) is 10.2 Å². The number of carboxylic acid groups (broad SMARTS) is 1. The smallest absolute Gasteiger partial charge is 0.326 e. The van der Waals surface area contributed by atoms with Crippen LogP contribution in [0.25, 0.3) is 0 Å². The van der Waals surface area contributed by atoms with Crippen molar-refractivity contribution in [2.24, 2.45) is 0 Å². The number of aliphatic carboxylic acids is 1. The van der Waals surface area contributed by atoms with Gasteiger partial charge in [-0.05, 0) is 24.6 Å². The number of hydrogen-bond acceptors (Lipinski definition) is 5. The molecule has 0 heterocycles. The summed E-state index contributed by atoms with van der Waals surface area (Å²) in [6.07, 6.45) is -0.0802. The van der Waals surface area contributed by atoms with E-state index in [-0.39, 0.29) is 30.8 Å². The van der Waals surface area contributed by atoms with Gasteiger partial charge in [0.1, 0.15) is 6.04 Å². The molecule has 0 saturated heterocycles. The minimum atomic E-state index is -1.12. The molecule has 29 heavy (non-hydrogen) atoms. The number of nitrogens with zero attached hydrogens (tertiary/aromatic N) is 2. The van der Waals surface area contributed by atoms with Gasteiger partial charge in [0, 0.05) is 37.2 Å². The second kappa shape index (κ2) is 9.98. The molecule has 0 aliphatic heterocycles. The Morgan fingerprint density at radius 3 is 2.28 bits per heavy atom. The molecular weight excluding hydrogens is 378 g/mol. The highest BCUT2D eigenvalue weighted by atomic mass is 16.6. The van der Waals surface area contributed by atoms with E-state index in [1.165, 1.54) is 36.1 Å². The van der Waals surface area contributed by atoms with Gasteiger partial charge in [-0.15, -0.1) is 0 Å². The van der Waals surface area contributed by atoms with Crippen molar-refractivity contribution < 1.29 is 24.4 Å². The van der Waals surface area contributed by atoms with Crippen LogP contribution in [0.1, 0.15) is 29.3 Å². The highest BCUT2D eigenvalue weighted by Crippen LogP contribution is 2.12. The topological polar surface area (TPSA) is 130 Å². The van der Waals surface area contributed by atoms with E-state index in [0.717, 1.165) is 5.56 Å². The molecule has 2 aromatic carbocycles. The highest BCUT2D eigenvalue weighted by molar-refractivity contribution is 5.94. The summed E-state index contributed by atoms with van der Waals surface area (Å²) in [6.45, 7) is 1.58. The number of carboxylic acids is 1. The molecule has 0 spiro atoms. The molecule has 2 amide bonds. The standard InChI is InChI=1S/C20H21N3O6/c1-14(20(26)27)22(13-15-5-3-2-4-6-15)18(24)11-12-21-19(25)16-7-9-17(10-8-16)23(28)29/h2-10,14H,11-13H2,1H3,(H,21,25)(H,26,27). The third kappa shape index (κ3) is 6.13. The zero-order chi connectivity index (χ0) is 21.4. The summed E-state index contributed by atoms with van der Waals surface area (Å²) in [5, 5.41) is 22.5. The van der Waals surface area contributed by atoms with Gasteiger partial charge in [-0.25, -0.2) is 4.79 Å². The van der Waals surface area contributed by atoms with Gasteiger partial charge >= 0.3 is 5.97 Å². The lowest BCUT2D eigenvalue weighted by Gasteiger charge is -2.27. The Morgan fingerprint density at radius 1 is 1.10 bits per heavy atom. The van der Waals surface area contributed by atoms with Crippen LogP contribution in [0.2, 0.25) is 0 Å². The quantitative estimate of drug-likeness (QED) is 0.491. The third-order valence-corrected chi connectivity index (χ3v) is 4.31. The fourth-order valence-corrected chi connectivity index (χ4v) is 2.62. The van der Waals surface area contributed by atoms with Gasteiger partial charge in [0.2, 0.25) is 5.91 Å². The highest BCUT2D eigenvalue weighted by Gasteiger charge is 2.25. The van der Waals surface area contributed by atoms with Gasteiger partial charge in [-0.2, -0.15) is 0 Å². The number of rotatable bonds is 9. The molecule has 0 bridgehead atoms. The van der Waals surface area contributed by atoms with E-state index in [4.69, 9.17) is 0 Å². The minimum absolute atomic E-state index is 0.00623. The lowest BCUT2D eigenvalue weighted by molar-refractivity contribution is -0.384. The average molecular weight is 399 g/mol. The molecule has 0 aliphatic rings. The number of nitrogens with one attached hydrogen (secondary N) is 1. The molecule has 0 saturated carbocycles. The first kappa shape index (κ1) is 21.5. The van der Waals surface area contributed by atoms with E-state index in [2.05, 4.69) is 5.32 Å². The predicted octanol–water partition coefficient (Wildman–Crippen LogP) is 2.22. The number of non-ortho nitro benzene ring substituents is 1. The number of amides is 2. The maximum atomic E-state index is 12.6. The third-order valence-electron chi connectivity index (χ3n) is 4.31. The second-order valence-corrected chi connectivity index (χ2v) is 6.33. The zero-order valence-electron chi connectivity index (χ0n) is 15.8. The van der Waals surface area contributed by atoms with Crippen LogP contribution in [-0.2, 0) is 16.1 Å². The Bertz CT molecular complexity index is 883. The first-order chi connectivity index (χ1) is 13.8. The van der Waals surface area contributed by atoms with E-state index in [0.29, 0.717) is 0 Å². The molecule has 2 aromatic rings. The lowest BCUT2D eigenvalue weighted by atomic mass is 10.1. The molecule has 0 radical (unpaired) electrons. The summed E-state index contributed by atoms with van der Waals surface area (Å²) in [6, 6.07) is 13.1. The Kier molecular flexibility index (Phi) is 7.41. The van der Waals surface area contributed by atoms with Crippen molar-refractivity contribution in [1.29, 1.82) is 0 Å². The summed E-state index contributed by atoms with van der Waals surface area (Å²) in [4.78, 5) is 47.4. The van der Waals surface area contributed by atoms with Gasteiger partial charge in [-0.3, -0.25) is 19.7 Å². The zero-order valence-corrected chi connectivity index (χ0v) is 15.8. The first-order valence-corrected chi connectivity index (χ1v) is 8.88. The molecular formula is C20H21N3O6. The lowest BCUT2D eigenvalue weighted by Crippen LogP contribution is -2.43. The number of benzene rings is 2. The fraction of sp³-hybridized carbons (Fsp3) is 0.250. The number of carbonyl (C=O) groups excluding carboxylic acids is 2. The van der Waals surface area contributed by atoms with E-state index in [1.54, 1.807) is 24.3 Å².